The lowest BCUT2D eigenvalue weighted by molar-refractivity contribution is -0.0705. The number of hydrogen-bond acceptors (Lipinski definition) is 5. The van der Waals surface area contributed by atoms with E-state index in [1.54, 1.807) is 6.07 Å². The molecule has 1 fully saturated rings. The molecule has 0 bridgehead atoms. The number of ether oxygens (including phenoxy) is 1. The maximum absolute atomic E-state index is 12.3. The molecule has 1 N–H and O–H groups in total. The van der Waals surface area contributed by atoms with Gasteiger partial charge in [0.25, 0.3) is 0 Å². The standard InChI is InChI=1S/C19H23NO4/c1-11-8-20(9-12(2)23-11)10-16-17(21)7-6-14-13-4-3-5-15(13)19(22)24-18(14)16/h6-7,11-12,21H,3-5,8-10H2,1-2H3/t11-,12-/m1/s1. The molecule has 5 nitrogen and oxygen atoms in total. The molecule has 2 atom stereocenters. The quantitative estimate of drug-likeness (QED) is 0.858. The number of fused-ring (bicyclic) bond motifs is 3. The van der Waals surface area contributed by atoms with Gasteiger partial charge in [0.15, 0.2) is 0 Å². The molecule has 1 aromatic carbocycles. The highest BCUT2D eigenvalue weighted by molar-refractivity contribution is 5.86. The summed E-state index contributed by atoms with van der Waals surface area (Å²) in [5.41, 5.74) is 2.93. The fourth-order valence-corrected chi connectivity index (χ4v) is 4.18. The lowest BCUT2D eigenvalue weighted by Crippen LogP contribution is -2.44. The number of hydrogen-bond donors (Lipinski definition) is 1. The molecular formula is C19H23NO4. The molecule has 24 heavy (non-hydrogen) atoms. The summed E-state index contributed by atoms with van der Waals surface area (Å²) in [5.74, 6) is 0.190. The van der Waals surface area contributed by atoms with Crippen molar-refractivity contribution in [1.82, 2.24) is 4.90 Å². The van der Waals surface area contributed by atoms with Crippen LogP contribution in [0.5, 0.6) is 5.75 Å². The molecular weight excluding hydrogens is 306 g/mol. The fourth-order valence-electron chi connectivity index (χ4n) is 4.18. The van der Waals surface area contributed by atoms with E-state index in [4.69, 9.17) is 9.15 Å². The van der Waals surface area contributed by atoms with Gasteiger partial charge in [-0.2, -0.15) is 0 Å². The molecule has 1 aliphatic carbocycles. The first kappa shape index (κ1) is 15.7. The van der Waals surface area contributed by atoms with E-state index in [0.29, 0.717) is 17.7 Å². The number of nitrogens with zero attached hydrogens (tertiary/aromatic N) is 1. The number of morpholine rings is 1. The normalized spacial score (nSPS) is 24.4. The Morgan fingerprint density at radius 2 is 1.88 bits per heavy atom. The van der Waals surface area contributed by atoms with E-state index in [-0.39, 0.29) is 23.6 Å². The van der Waals surface area contributed by atoms with Crippen molar-refractivity contribution in [3.63, 3.8) is 0 Å². The van der Waals surface area contributed by atoms with Gasteiger partial charge in [-0.05, 0) is 50.8 Å². The number of rotatable bonds is 2. The zero-order chi connectivity index (χ0) is 16.8. The predicted molar refractivity (Wildman–Crippen MR) is 91.5 cm³/mol. The van der Waals surface area contributed by atoms with Crippen molar-refractivity contribution in [2.75, 3.05) is 13.1 Å². The van der Waals surface area contributed by atoms with Gasteiger partial charge >= 0.3 is 5.63 Å². The molecule has 2 aliphatic rings. The van der Waals surface area contributed by atoms with Gasteiger partial charge in [-0.25, -0.2) is 4.79 Å². The molecule has 0 amide bonds. The third kappa shape index (κ3) is 2.62. The minimum absolute atomic E-state index is 0.155. The van der Waals surface area contributed by atoms with Crippen LogP contribution in [0.1, 0.15) is 37.0 Å². The van der Waals surface area contributed by atoms with Crippen LogP contribution >= 0.6 is 0 Å². The Balaban J connectivity index is 1.79. The number of benzene rings is 1. The maximum Gasteiger partial charge on any atom is 0.339 e. The first-order chi connectivity index (χ1) is 11.5. The van der Waals surface area contributed by atoms with E-state index >= 15 is 0 Å². The molecule has 1 aliphatic heterocycles. The van der Waals surface area contributed by atoms with E-state index in [9.17, 15) is 9.90 Å². The molecule has 0 radical (unpaired) electrons. The Kier molecular flexibility index (Phi) is 3.85. The van der Waals surface area contributed by atoms with Crippen LogP contribution in [-0.4, -0.2) is 35.3 Å². The molecule has 0 unspecified atom stereocenters. The summed E-state index contributed by atoms with van der Waals surface area (Å²) in [7, 11) is 0. The summed E-state index contributed by atoms with van der Waals surface area (Å²) < 4.78 is 11.4. The maximum atomic E-state index is 12.3. The zero-order valence-electron chi connectivity index (χ0n) is 14.2. The first-order valence-corrected chi connectivity index (χ1v) is 8.70. The Morgan fingerprint density at radius 1 is 1.17 bits per heavy atom. The molecule has 4 rings (SSSR count). The van der Waals surface area contributed by atoms with E-state index in [2.05, 4.69) is 18.7 Å². The van der Waals surface area contributed by atoms with Crippen LogP contribution in [0.4, 0.5) is 0 Å². The van der Waals surface area contributed by atoms with Crippen molar-refractivity contribution < 1.29 is 14.3 Å². The van der Waals surface area contributed by atoms with E-state index < -0.39 is 0 Å². The van der Waals surface area contributed by atoms with Gasteiger partial charge in [0.1, 0.15) is 11.3 Å². The molecule has 2 heterocycles. The van der Waals surface area contributed by atoms with Gasteiger partial charge in [0.05, 0.1) is 17.8 Å². The smallest absolute Gasteiger partial charge is 0.339 e. The highest BCUT2D eigenvalue weighted by atomic mass is 16.5. The number of phenols is 1. The van der Waals surface area contributed by atoms with Crippen LogP contribution in [0, 0.1) is 0 Å². The summed E-state index contributed by atoms with van der Waals surface area (Å²) >= 11 is 0. The molecule has 5 heteroatoms. The minimum Gasteiger partial charge on any atom is -0.507 e. The van der Waals surface area contributed by atoms with Crippen molar-refractivity contribution in [1.29, 1.82) is 0 Å². The molecule has 0 spiro atoms. The Bertz CT molecular complexity index is 831. The van der Waals surface area contributed by atoms with Crippen molar-refractivity contribution in [3.05, 3.63) is 39.2 Å². The lowest BCUT2D eigenvalue weighted by Gasteiger charge is -2.35. The number of aryl methyl sites for hydroxylation is 1. The average molecular weight is 329 g/mol. The fraction of sp³-hybridized carbons (Fsp3) is 0.526. The van der Waals surface area contributed by atoms with Crippen LogP contribution in [0.25, 0.3) is 11.0 Å². The van der Waals surface area contributed by atoms with E-state index in [1.807, 2.05) is 6.07 Å². The predicted octanol–water partition coefficient (Wildman–Crippen LogP) is 2.60. The van der Waals surface area contributed by atoms with Gasteiger partial charge in [-0.3, -0.25) is 4.90 Å². The van der Waals surface area contributed by atoms with Gasteiger partial charge in [-0.15, -0.1) is 0 Å². The van der Waals surface area contributed by atoms with Gasteiger partial charge in [-0.1, -0.05) is 0 Å². The van der Waals surface area contributed by atoms with E-state index in [0.717, 1.165) is 48.9 Å². The van der Waals surface area contributed by atoms with Gasteiger partial charge in [0.2, 0.25) is 0 Å². The summed E-state index contributed by atoms with van der Waals surface area (Å²) in [6.07, 6.45) is 3.01. The Hall–Kier alpha value is -1.85. The third-order valence-corrected chi connectivity index (χ3v) is 5.10. The number of phenolic OH excluding ortho intramolecular Hbond substituents is 1. The third-order valence-electron chi connectivity index (χ3n) is 5.10. The van der Waals surface area contributed by atoms with Crippen LogP contribution < -0.4 is 5.63 Å². The SMILES string of the molecule is C[C@@H]1CN(Cc2c(O)ccc3c4c(c(=O)oc23)CCC4)C[C@@H](C)O1. The number of aromatic hydroxyl groups is 1. The molecule has 1 aromatic heterocycles. The lowest BCUT2D eigenvalue weighted by atomic mass is 10.0. The van der Waals surface area contributed by atoms with E-state index in [1.165, 1.54) is 0 Å². The largest absolute Gasteiger partial charge is 0.507 e. The molecule has 1 saturated heterocycles. The van der Waals surface area contributed by atoms with Crippen LogP contribution in [0.2, 0.25) is 0 Å². The molecule has 128 valence electrons. The van der Waals surface area contributed by atoms with Crippen molar-refractivity contribution >= 4 is 11.0 Å². The second-order valence-electron chi connectivity index (χ2n) is 7.09. The monoisotopic (exact) mass is 329 g/mol. The van der Waals surface area contributed by atoms with Crippen LogP contribution in [-0.2, 0) is 24.1 Å². The summed E-state index contributed by atoms with van der Waals surface area (Å²) in [5, 5.41) is 11.4. The second-order valence-corrected chi connectivity index (χ2v) is 7.09. The van der Waals surface area contributed by atoms with Crippen LogP contribution in [0.15, 0.2) is 21.3 Å². The topological polar surface area (TPSA) is 62.9 Å². The van der Waals surface area contributed by atoms with Gasteiger partial charge in [0, 0.05) is 30.6 Å². The highest BCUT2D eigenvalue weighted by Gasteiger charge is 2.26. The molecule has 0 saturated carbocycles. The highest BCUT2D eigenvalue weighted by Crippen LogP contribution is 2.34. The second kappa shape index (κ2) is 5.90. The Labute approximate surface area is 140 Å². The zero-order valence-corrected chi connectivity index (χ0v) is 14.2. The van der Waals surface area contributed by atoms with Crippen molar-refractivity contribution in [2.24, 2.45) is 0 Å². The summed E-state index contributed by atoms with van der Waals surface area (Å²) in [6.45, 7) is 6.27. The first-order valence-electron chi connectivity index (χ1n) is 8.70. The molecule has 2 aromatic rings. The van der Waals surface area contributed by atoms with Crippen LogP contribution in [0.3, 0.4) is 0 Å². The van der Waals surface area contributed by atoms with Crippen molar-refractivity contribution in [2.45, 2.75) is 51.9 Å². The van der Waals surface area contributed by atoms with Gasteiger partial charge < -0.3 is 14.3 Å². The average Bonchev–Trinajstić information content (AvgIpc) is 3.00. The van der Waals surface area contributed by atoms with Crippen molar-refractivity contribution in [3.8, 4) is 5.75 Å². The Morgan fingerprint density at radius 3 is 2.62 bits per heavy atom. The summed E-state index contributed by atoms with van der Waals surface area (Å²) in [6, 6.07) is 3.61. The minimum atomic E-state index is -0.245. The summed E-state index contributed by atoms with van der Waals surface area (Å²) in [4.78, 5) is 14.6.